The van der Waals surface area contributed by atoms with Crippen molar-refractivity contribution in [1.82, 2.24) is 15.5 Å². The smallest absolute Gasteiger partial charge is 0.313 e. The standard InChI is InChI=1S/C24H27N3O4/c1-4-31-23(30)24(2,3)15-25-21(28)14-17-9-7-8-16(12-17)13-20-18-10-5-6-11-19(18)22(29)27-26-20/h5-12H,4,13-15H2,1-3H3,(H,25,28)(H,27,29). The maximum absolute atomic E-state index is 12.4. The normalized spacial score (nSPS) is 11.3. The maximum atomic E-state index is 12.4. The van der Waals surface area contributed by atoms with Crippen molar-refractivity contribution >= 4 is 22.6 Å². The molecule has 1 aromatic heterocycles. The van der Waals surface area contributed by atoms with Crippen LogP contribution in [0.2, 0.25) is 0 Å². The summed E-state index contributed by atoms with van der Waals surface area (Å²) in [5.41, 5.74) is 1.62. The van der Waals surface area contributed by atoms with Crippen LogP contribution < -0.4 is 10.9 Å². The summed E-state index contributed by atoms with van der Waals surface area (Å²) in [6, 6.07) is 15.1. The molecule has 31 heavy (non-hydrogen) atoms. The van der Waals surface area contributed by atoms with Gasteiger partial charge in [-0.2, -0.15) is 5.10 Å². The number of esters is 1. The molecule has 0 unspecified atom stereocenters. The zero-order chi connectivity index (χ0) is 22.4. The molecule has 0 atom stereocenters. The Balaban J connectivity index is 1.67. The number of nitrogens with zero attached hydrogens (tertiary/aromatic N) is 1. The highest BCUT2D eigenvalue weighted by atomic mass is 16.5. The molecule has 1 amide bonds. The van der Waals surface area contributed by atoms with Gasteiger partial charge < -0.3 is 10.1 Å². The Labute approximate surface area is 180 Å². The third-order valence-electron chi connectivity index (χ3n) is 5.06. The van der Waals surface area contributed by atoms with Crippen LogP contribution >= 0.6 is 0 Å². The van der Waals surface area contributed by atoms with Gasteiger partial charge in [0.25, 0.3) is 5.56 Å². The molecular weight excluding hydrogens is 394 g/mol. The highest BCUT2D eigenvalue weighted by Crippen LogP contribution is 2.18. The van der Waals surface area contributed by atoms with E-state index in [2.05, 4.69) is 15.5 Å². The highest BCUT2D eigenvalue weighted by Gasteiger charge is 2.29. The number of hydrogen-bond donors (Lipinski definition) is 2. The van der Waals surface area contributed by atoms with E-state index in [1.807, 2.05) is 42.5 Å². The topological polar surface area (TPSA) is 101 Å². The summed E-state index contributed by atoms with van der Waals surface area (Å²) >= 11 is 0. The minimum absolute atomic E-state index is 0.165. The largest absolute Gasteiger partial charge is 0.466 e. The lowest BCUT2D eigenvalue weighted by atomic mass is 9.93. The predicted molar refractivity (Wildman–Crippen MR) is 119 cm³/mol. The SMILES string of the molecule is CCOC(=O)C(C)(C)CNC(=O)Cc1cccc(Cc2n[nH]c(=O)c3ccccc23)c1. The zero-order valence-electron chi connectivity index (χ0n) is 18.0. The van der Waals surface area contributed by atoms with Crippen molar-refractivity contribution in [2.45, 2.75) is 33.6 Å². The molecule has 7 heteroatoms. The van der Waals surface area contributed by atoms with Crippen molar-refractivity contribution in [3.8, 4) is 0 Å². The molecule has 0 aliphatic heterocycles. The van der Waals surface area contributed by atoms with Gasteiger partial charge in [-0.05, 0) is 38.0 Å². The molecule has 7 nitrogen and oxygen atoms in total. The number of rotatable bonds is 8. The van der Waals surface area contributed by atoms with Crippen molar-refractivity contribution in [3.05, 3.63) is 75.7 Å². The molecule has 162 valence electrons. The van der Waals surface area contributed by atoms with Crippen LogP contribution in [0.15, 0.2) is 53.3 Å². The first kappa shape index (κ1) is 22.2. The molecule has 0 fully saturated rings. The monoisotopic (exact) mass is 421 g/mol. The molecule has 0 saturated carbocycles. The Morgan fingerprint density at radius 3 is 2.52 bits per heavy atom. The number of fused-ring (bicyclic) bond motifs is 1. The number of H-pyrrole nitrogens is 1. The van der Waals surface area contributed by atoms with Crippen molar-refractivity contribution in [2.75, 3.05) is 13.2 Å². The molecular formula is C24H27N3O4. The first-order valence-electron chi connectivity index (χ1n) is 10.3. The number of amides is 1. The van der Waals surface area contributed by atoms with Crippen LogP contribution in [0.5, 0.6) is 0 Å². The fourth-order valence-electron chi connectivity index (χ4n) is 3.32. The van der Waals surface area contributed by atoms with Gasteiger partial charge in [-0.1, -0.05) is 42.5 Å². The lowest BCUT2D eigenvalue weighted by molar-refractivity contribution is -0.153. The van der Waals surface area contributed by atoms with Gasteiger partial charge in [0.05, 0.1) is 29.5 Å². The second kappa shape index (κ2) is 9.55. The number of aromatic nitrogens is 2. The van der Waals surface area contributed by atoms with Gasteiger partial charge in [-0.25, -0.2) is 5.10 Å². The Bertz CT molecular complexity index is 1150. The van der Waals surface area contributed by atoms with Gasteiger partial charge in [0.15, 0.2) is 0 Å². The highest BCUT2D eigenvalue weighted by molar-refractivity contribution is 5.84. The summed E-state index contributed by atoms with van der Waals surface area (Å²) in [4.78, 5) is 36.4. The van der Waals surface area contributed by atoms with Crippen LogP contribution in [0.4, 0.5) is 0 Å². The van der Waals surface area contributed by atoms with Crippen molar-refractivity contribution < 1.29 is 14.3 Å². The van der Waals surface area contributed by atoms with Crippen LogP contribution in [0.1, 0.15) is 37.6 Å². The van der Waals surface area contributed by atoms with E-state index in [-0.39, 0.29) is 30.4 Å². The Kier molecular flexibility index (Phi) is 6.84. The quantitative estimate of drug-likeness (QED) is 0.545. The molecule has 1 heterocycles. The van der Waals surface area contributed by atoms with Crippen molar-refractivity contribution in [3.63, 3.8) is 0 Å². The average Bonchev–Trinajstić information content (AvgIpc) is 2.75. The molecule has 0 aliphatic rings. The summed E-state index contributed by atoms with van der Waals surface area (Å²) in [6.45, 7) is 5.76. The van der Waals surface area contributed by atoms with Gasteiger partial charge in [0, 0.05) is 18.4 Å². The minimum Gasteiger partial charge on any atom is -0.466 e. The van der Waals surface area contributed by atoms with E-state index in [1.165, 1.54) is 0 Å². The van der Waals surface area contributed by atoms with E-state index in [4.69, 9.17) is 4.74 Å². The molecule has 3 aromatic rings. The molecule has 2 N–H and O–H groups in total. The molecule has 0 radical (unpaired) electrons. The molecule has 0 saturated heterocycles. The lowest BCUT2D eigenvalue weighted by Gasteiger charge is -2.22. The van der Waals surface area contributed by atoms with Crippen LogP contribution in [0.3, 0.4) is 0 Å². The predicted octanol–water partition coefficient (Wildman–Crippen LogP) is 2.76. The number of hydrogen-bond acceptors (Lipinski definition) is 5. The first-order chi connectivity index (χ1) is 14.8. The van der Waals surface area contributed by atoms with Crippen LogP contribution in [-0.2, 0) is 27.2 Å². The number of benzene rings is 2. The van der Waals surface area contributed by atoms with Gasteiger partial charge in [0.2, 0.25) is 5.91 Å². The third-order valence-corrected chi connectivity index (χ3v) is 5.06. The number of aromatic amines is 1. The summed E-state index contributed by atoms with van der Waals surface area (Å²) in [5.74, 6) is -0.500. The second-order valence-corrected chi connectivity index (χ2v) is 8.10. The third kappa shape index (κ3) is 5.57. The molecule has 2 aromatic carbocycles. The Morgan fingerprint density at radius 1 is 1.06 bits per heavy atom. The second-order valence-electron chi connectivity index (χ2n) is 8.10. The summed E-state index contributed by atoms with van der Waals surface area (Å²) in [7, 11) is 0. The summed E-state index contributed by atoms with van der Waals surface area (Å²) in [5, 5.41) is 11.0. The summed E-state index contributed by atoms with van der Waals surface area (Å²) in [6.07, 6.45) is 0.731. The van der Waals surface area contributed by atoms with Gasteiger partial charge in [-0.15, -0.1) is 0 Å². The number of carbonyl (C=O) groups is 2. The van der Waals surface area contributed by atoms with E-state index in [0.29, 0.717) is 18.4 Å². The van der Waals surface area contributed by atoms with Crippen LogP contribution in [-0.4, -0.2) is 35.2 Å². The van der Waals surface area contributed by atoms with Crippen molar-refractivity contribution in [2.24, 2.45) is 5.41 Å². The zero-order valence-corrected chi connectivity index (χ0v) is 18.0. The number of carbonyl (C=O) groups excluding carboxylic acids is 2. The van der Waals surface area contributed by atoms with E-state index in [9.17, 15) is 14.4 Å². The fraction of sp³-hybridized carbons (Fsp3) is 0.333. The van der Waals surface area contributed by atoms with Crippen LogP contribution in [0, 0.1) is 5.41 Å². The minimum atomic E-state index is -0.787. The fourth-order valence-corrected chi connectivity index (χ4v) is 3.32. The van der Waals surface area contributed by atoms with E-state index in [0.717, 1.165) is 22.2 Å². The van der Waals surface area contributed by atoms with Gasteiger partial charge in [-0.3, -0.25) is 14.4 Å². The molecule has 0 aliphatic carbocycles. The van der Waals surface area contributed by atoms with E-state index >= 15 is 0 Å². The van der Waals surface area contributed by atoms with Gasteiger partial charge in [0.1, 0.15) is 0 Å². The Morgan fingerprint density at radius 2 is 1.77 bits per heavy atom. The van der Waals surface area contributed by atoms with E-state index < -0.39 is 5.41 Å². The van der Waals surface area contributed by atoms with E-state index in [1.54, 1.807) is 26.8 Å². The lowest BCUT2D eigenvalue weighted by Crippen LogP contribution is -2.40. The van der Waals surface area contributed by atoms with Crippen LogP contribution in [0.25, 0.3) is 10.8 Å². The summed E-state index contributed by atoms with van der Waals surface area (Å²) < 4.78 is 5.05. The Hall–Kier alpha value is -3.48. The average molecular weight is 421 g/mol. The maximum Gasteiger partial charge on any atom is 0.313 e. The number of ether oxygens (including phenoxy) is 1. The van der Waals surface area contributed by atoms with Gasteiger partial charge >= 0.3 is 5.97 Å². The molecule has 0 bridgehead atoms. The molecule has 3 rings (SSSR count). The molecule has 0 spiro atoms. The van der Waals surface area contributed by atoms with Crippen molar-refractivity contribution in [1.29, 1.82) is 0 Å². The number of nitrogens with one attached hydrogen (secondary N) is 2. The first-order valence-corrected chi connectivity index (χ1v) is 10.3.